The predicted octanol–water partition coefficient (Wildman–Crippen LogP) is 5.44. The molecule has 0 aromatic heterocycles. The summed E-state index contributed by atoms with van der Waals surface area (Å²) in [6, 6.07) is 0. The van der Waals surface area contributed by atoms with Crippen LogP contribution in [0, 0.1) is 0 Å². The van der Waals surface area contributed by atoms with Crippen LogP contribution in [0.2, 0.25) is 21.7 Å². The Kier molecular flexibility index (Phi) is 10.0. The lowest BCUT2D eigenvalue weighted by atomic mass is 10.1. The average Bonchev–Trinajstić information content (AvgIpc) is 2.58. The Labute approximate surface area is 152 Å². The van der Waals surface area contributed by atoms with E-state index in [1.807, 2.05) is 13.8 Å². The molecule has 6 heteroatoms. The van der Waals surface area contributed by atoms with E-state index in [4.69, 9.17) is 13.3 Å². The summed E-state index contributed by atoms with van der Waals surface area (Å²) in [6.45, 7) is 17.3. The molecule has 3 atom stereocenters. The molecule has 0 bridgehead atoms. The van der Waals surface area contributed by atoms with Gasteiger partial charge in [-0.05, 0) is 30.0 Å². The molecule has 0 aromatic carbocycles. The number of hydrogen-bond acceptors (Lipinski definition) is 4. The van der Waals surface area contributed by atoms with Crippen LogP contribution in [0.3, 0.4) is 0 Å². The van der Waals surface area contributed by atoms with E-state index in [1.165, 1.54) is 0 Å². The van der Waals surface area contributed by atoms with Gasteiger partial charge in [0, 0.05) is 14.2 Å². The van der Waals surface area contributed by atoms with Gasteiger partial charge in [-0.3, -0.25) is 4.79 Å². The predicted molar refractivity (Wildman–Crippen MR) is 105 cm³/mol. The van der Waals surface area contributed by atoms with Crippen LogP contribution in [0.1, 0.15) is 74.7 Å². The maximum atomic E-state index is 13.3. The van der Waals surface area contributed by atoms with Crippen molar-refractivity contribution in [3.63, 3.8) is 0 Å². The third kappa shape index (κ3) is 4.51. The van der Waals surface area contributed by atoms with Crippen LogP contribution in [-0.2, 0) is 18.1 Å². The minimum Gasteiger partial charge on any atom is -0.518 e. The fourth-order valence-corrected chi connectivity index (χ4v) is 11.1. The van der Waals surface area contributed by atoms with Gasteiger partial charge in [0.05, 0.1) is 0 Å². The van der Waals surface area contributed by atoms with E-state index in [0.717, 1.165) is 12.8 Å². The van der Waals surface area contributed by atoms with Gasteiger partial charge in [-0.25, -0.2) is 0 Å². The van der Waals surface area contributed by atoms with Crippen LogP contribution in [0.15, 0.2) is 0 Å². The highest BCUT2D eigenvalue weighted by Gasteiger charge is 2.54. The summed E-state index contributed by atoms with van der Waals surface area (Å²) in [5, 5.41) is -0.692. The molecule has 3 unspecified atom stereocenters. The van der Waals surface area contributed by atoms with E-state index in [0.29, 0.717) is 23.0 Å². The van der Waals surface area contributed by atoms with Crippen LogP contribution in [0.4, 0.5) is 0 Å². The molecule has 0 N–H and O–H groups in total. The maximum absolute atomic E-state index is 13.3. The largest absolute Gasteiger partial charge is 0.518 e. The second-order valence-electron chi connectivity index (χ2n) is 7.40. The average molecular weight is 376 g/mol. The van der Waals surface area contributed by atoms with Crippen molar-refractivity contribution in [2.45, 2.75) is 96.3 Å². The smallest absolute Gasteiger partial charge is 0.402 e. The summed E-state index contributed by atoms with van der Waals surface area (Å²) in [5.74, 6) is -0.122. The van der Waals surface area contributed by atoms with Crippen molar-refractivity contribution in [3.8, 4) is 0 Å². The molecule has 0 spiro atoms. The fourth-order valence-electron chi connectivity index (χ4n) is 3.76. The Morgan fingerprint density at radius 3 is 1.67 bits per heavy atom. The lowest BCUT2D eigenvalue weighted by Gasteiger charge is -2.45. The highest BCUT2D eigenvalue weighted by molar-refractivity contribution is 6.79. The first-order valence-electron chi connectivity index (χ1n) is 9.30. The summed E-state index contributed by atoms with van der Waals surface area (Å²) in [6.07, 6.45) is 2.74. The molecule has 0 amide bonds. The van der Waals surface area contributed by atoms with Crippen molar-refractivity contribution in [1.82, 2.24) is 0 Å². The van der Waals surface area contributed by atoms with E-state index in [1.54, 1.807) is 14.2 Å². The van der Waals surface area contributed by atoms with Gasteiger partial charge in [-0.1, -0.05) is 61.3 Å². The summed E-state index contributed by atoms with van der Waals surface area (Å²) in [4.78, 5) is 13.3. The summed E-state index contributed by atoms with van der Waals surface area (Å²) in [7, 11) is -0.767. The van der Waals surface area contributed by atoms with Gasteiger partial charge < -0.3 is 13.3 Å². The first-order valence-corrected chi connectivity index (χ1v) is 12.8. The molecule has 24 heavy (non-hydrogen) atoms. The van der Waals surface area contributed by atoms with Gasteiger partial charge in [0.2, 0.25) is 0 Å². The zero-order valence-electron chi connectivity index (χ0n) is 17.5. The van der Waals surface area contributed by atoms with E-state index < -0.39 is 22.6 Å². The van der Waals surface area contributed by atoms with E-state index in [9.17, 15) is 4.79 Å². The molecular formula is C18H39O4Si2. The van der Waals surface area contributed by atoms with Crippen molar-refractivity contribution >= 4 is 23.6 Å². The molecule has 0 aliphatic rings. The van der Waals surface area contributed by atoms with Crippen molar-refractivity contribution in [3.05, 3.63) is 0 Å². The number of carbonyl (C=O) groups is 1. The minimum atomic E-state index is -2.28. The highest BCUT2D eigenvalue weighted by atomic mass is 28.4. The molecule has 4 nitrogen and oxygen atoms in total. The van der Waals surface area contributed by atoms with Gasteiger partial charge in [-0.15, -0.1) is 0 Å². The fraction of sp³-hybridized carbons (Fsp3) is 0.944. The Bertz CT molecular complexity index is 375. The molecule has 1 radical (unpaired) electrons. The summed E-state index contributed by atoms with van der Waals surface area (Å²) >= 11 is 0. The molecule has 0 aliphatic carbocycles. The maximum Gasteiger partial charge on any atom is 0.402 e. The SMILES string of the molecule is CCC(C)[Si](OC(=O)C(C)(CC)[Si](OC)OC)(C(C)C)C(C)CC. The molecule has 143 valence electrons. The van der Waals surface area contributed by atoms with Crippen LogP contribution in [-0.4, -0.2) is 37.8 Å². The standard InChI is InChI=1S/C18H39O4Si2/c1-11-15(6)24(14(4)5,16(7)12-2)22-17(19)18(8,13-3)23(20-9)21-10/h14-16H,11-13H2,1-10H3. The molecule has 0 saturated heterocycles. The van der Waals surface area contributed by atoms with Crippen molar-refractivity contribution in [2.75, 3.05) is 14.2 Å². The Hall–Kier alpha value is -0.176. The molecule has 0 rings (SSSR count). The van der Waals surface area contributed by atoms with Crippen molar-refractivity contribution in [1.29, 1.82) is 0 Å². The second-order valence-corrected chi connectivity index (χ2v) is 14.9. The highest BCUT2D eigenvalue weighted by Crippen LogP contribution is 2.48. The number of carbonyl (C=O) groups excluding carboxylic acids is 1. The van der Waals surface area contributed by atoms with E-state index in [2.05, 4.69) is 41.5 Å². The summed E-state index contributed by atoms with van der Waals surface area (Å²) < 4.78 is 17.5. The zero-order valence-corrected chi connectivity index (χ0v) is 19.5. The van der Waals surface area contributed by atoms with Crippen LogP contribution in [0.25, 0.3) is 0 Å². The number of rotatable bonds is 11. The molecule has 0 saturated carbocycles. The molecule has 0 heterocycles. The van der Waals surface area contributed by atoms with Gasteiger partial charge in [0.15, 0.2) is 0 Å². The normalized spacial score (nSPS) is 19.7. The Morgan fingerprint density at radius 2 is 1.42 bits per heavy atom. The van der Waals surface area contributed by atoms with Crippen molar-refractivity contribution < 1.29 is 18.1 Å². The Balaban J connectivity index is 5.90. The molecule has 0 aliphatic heterocycles. The van der Waals surface area contributed by atoms with Gasteiger partial charge >= 0.3 is 9.28 Å². The third-order valence-electron chi connectivity index (χ3n) is 5.92. The van der Waals surface area contributed by atoms with Gasteiger partial charge in [0.1, 0.15) is 5.04 Å². The zero-order chi connectivity index (χ0) is 19.1. The number of hydrogen-bond donors (Lipinski definition) is 0. The first kappa shape index (κ1) is 23.8. The Morgan fingerprint density at radius 1 is 1.00 bits per heavy atom. The minimum absolute atomic E-state index is 0.122. The summed E-state index contributed by atoms with van der Waals surface area (Å²) in [5.41, 5.74) is 1.24. The quantitative estimate of drug-likeness (QED) is 0.451. The van der Waals surface area contributed by atoms with E-state index in [-0.39, 0.29) is 5.97 Å². The van der Waals surface area contributed by atoms with Gasteiger partial charge in [0.25, 0.3) is 14.3 Å². The second kappa shape index (κ2) is 10.1. The molecule has 0 aromatic rings. The van der Waals surface area contributed by atoms with Crippen LogP contribution in [0.5, 0.6) is 0 Å². The lowest BCUT2D eigenvalue weighted by molar-refractivity contribution is -0.140. The monoisotopic (exact) mass is 375 g/mol. The molecular weight excluding hydrogens is 336 g/mol. The van der Waals surface area contributed by atoms with E-state index >= 15 is 0 Å². The topological polar surface area (TPSA) is 44.8 Å². The van der Waals surface area contributed by atoms with Crippen LogP contribution < -0.4 is 0 Å². The molecule has 0 fully saturated rings. The van der Waals surface area contributed by atoms with Gasteiger partial charge in [-0.2, -0.15) is 0 Å². The van der Waals surface area contributed by atoms with Crippen molar-refractivity contribution in [2.24, 2.45) is 0 Å². The van der Waals surface area contributed by atoms with Crippen LogP contribution >= 0.6 is 0 Å². The lowest BCUT2D eigenvalue weighted by Crippen LogP contribution is -2.54. The third-order valence-corrected chi connectivity index (χ3v) is 14.4. The first-order chi connectivity index (χ1) is 11.1.